The Bertz CT molecular complexity index is 535. The fourth-order valence-corrected chi connectivity index (χ4v) is 1.99. The van der Waals surface area contributed by atoms with Crippen LogP contribution in [-0.2, 0) is 16.1 Å². The van der Waals surface area contributed by atoms with Gasteiger partial charge in [-0.25, -0.2) is 0 Å². The Morgan fingerprint density at radius 3 is 2.76 bits per heavy atom. The van der Waals surface area contributed by atoms with Crippen molar-refractivity contribution in [1.29, 1.82) is 0 Å². The van der Waals surface area contributed by atoms with E-state index in [2.05, 4.69) is 15.5 Å². The highest BCUT2D eigenvalue weighted by Crippen LogP contribution is 2.16. The number of rotatable bonds is 8. The molecule has 0 spiro atoms. The Morgan fingerprint density at radius 2 is 2.10 bits per heavy atom. The molecule has 1 aromatic carbocycles. The zero-order chi connectivity index (χ0) is 14.9. The number of benzene rings is 1. The molecule has 0 saturated heterocycles. The highest BCUT2D eigenvalue weighted by Gasteiger charge is 2.02. The first-order chi connectivity index (χ1) is 10.3. The van der Waals surface area contributed by atoms with Crippen molar-refractivity contribution in [2.45, 2.75) is 26.3 Å². The van der Waals surface area contributed by atoms with Crippen LogP contribution in [0.1, 0.15) is 25.3 Å². The van der Waals surface area contributed by atoms with Crippen LogP contribution in [0.4, 0.5) is 0 Å². The van der Waals surface area contributed by atoms with Gasteiger partial charge in [0.2, 0.25) is 5.91 Å². The molecule has 0 aliphatic heterocycles. The predicted octanol–water partition coefficient (Wildman–Crippen LogP) is 2.51. The molecule has 112 valence electrons. The zero-order valence-corrected chi connectivity index (χ0v) is 12.3. The number of ether oxygens (including phenoxy) is 1. The van der Waals surface area contributed by atoms with Gasteiger partial charge in [-0.2, -0.15) is 5.10 Å². The molecule has 2 aromatic rings. The molecule has 0 unspecified atom stereocenters. The molecule has 0 bridgehead atoms. The van der Waals surface area contributed by atoms with E-state index in [4.69, 9.17) is 4.74 Å². The maximum absolute atomic E-state index is 11.7. The molecular weight excluding hydrogens is 266 g/mol. The average molecular weight is 287 g/mol. The summed E-state index contributed by atoms with van der Waals surface area (Å²) in [6, 6.07) is 9.98. The molecule has 0 saturated carbocycles. The fraction of sp³-hybridized carbons (Fsp3) is 0.375. The van der Waals surface area contributed by atoms with Gasteiger partial charge in [0.25, 0.3) is 0 Å². The van der Waals surface area contributed by atoms with Gasteiger partial charge in [-0.1, -0.05) is 24.3 Å². The zero-order valence-electron chi connectivity index (χ0n) is 12.3. The van der Waals surface area contributed by atoms with Crippen molar-refractivity contribution in [1.82, 2.24) is 15.5 Å². The van der Waals surface area contributed by atoms with Crippen LogP contribution >= 0.6 is 0 Å². The largest absolute Gasteiger partial charge is 0.382 e. The van der Waals surface area contributed by atoms with Crippen molar-refractivity contribution < 1.29 is 9.53 Å². The van der Waals surface area contributed by atoms with E-state index in [1.54, 1.807) is 6.20 Å². The third-order valence-electron chi connectivity index (χ3n) is 3.15. The van der Waals surface area contributed by atoms with Gasteiger partial charge >= 0.3 is 0 Å². The number of hydrogen-bond acceptors (Lipinski definition) is 3. The lowest BCUT2D eigenvalue weighted by atomic mass is 10.1. The first kappa shape index (κ1) is 15.3. The highest BCUT2D eigenvalue weighted by atomic mass is 16.5. The standard InChI is InChI=1S/C16H21N3O2/c1-2-21-11-3-4-16(20)17-12-13-5-7-14(8-6-13)15-9-10-18-19-15/h5-10H,2-4,11-12H2,1H3,(H,17,20)(H,18,19). The molecule has 5 heteroatoms. The molecule has 1 amide bonds. The molecule has 0 atom stereocenters. The summed E-state index contributed by atoms with van der Waals surface area (Å²) in [7, 11) is 0. The molecule has 0 radical (unpaired) electrons. The van der Waals surface area contributed by atoms with Crippen LogP contribution in [0.15, 0.2) is 36.5 Å². The third kappa shape index (κ3) is 5.04. The summed E-state index contributed by atoms with van der Waals surface area (Å²) >= 11 is 0. The van der Waals surface area contributed by atoms with Crippen molar-refractivity contribution >= 4 is 5.91 Å². The summed E-state index contributed by atoms with van der Waals surface area (Å²) in [6.07, 6.45) is 3.00. The van der Waals surface area contributed by atoms with E-state index in [1.165, 1.54) is 0 Å². The van der Waals surface area contributed by atoms with Gasteiger partial charge in [-0.3, -0.25) is 9.89 Å². The maximum atomic E-state index is 11.7. The van der Waals surface area contributed by atoms with E-state index in [0.29, 0.717) is 26.2 Å². The minimum Gasteiger partial charge on any atom is -0.382 e. The molecule has 0 aliphatic carbocycles. The molecule has 2 N–H and O–H groups in total. The number of carbonyl (C=O) groups is 1. The Kier molecular flexibility index (Phi) is 5.97. The fourth-order valence-electron chi connectivity index (χ4n) is 1.99. The normalized spacial score (nSPS) is 10.5. The van der Waals surface area contributed by atoms with Crippen LogP contribution < -0.4 is 5.32 Å². The van der Waals surface area contributed by atoms with Gasteiger partial charge in [0.1, 0.15) is 0 Å². The molecular formula is C16H21N3O2. The SMILES string of the molecule is CCOCCCC(=O)NCc1ccc(-c2ccn[nH]2)cc1. The third-order valence-corrected chi connectivity index (χ3v) is 3.15. The van der Waals surface area contributed by atoms with Crippen LogP contribution in [0.3, 0.4) is 0 Å². The number of hydrogen-bond donors (Lipinski definition) is 2. The molecule has 1 aromatic heterocycles. The maximum Gasteiger partial charge on any atom is 0.220 e. The van der Waals surface area contributed by atoms with Gasteiger partial charge in [-0.15, -0.1) is 0 Å². The summed E-state index contributed by atoms with van der Waals surface area (Å²) in [5.41, 5.74) is 3.15. The van der Waals surface area contributed by atoms with Crippen LogP contribution in [0, 0.1) is 0 Å². The van der Waals surface area contributed by atoms with Crippen molar-refractivity contribution in [3.8, 4) is 11.3 Å². The van der Waals surface area contributed by atoms with Gasteiger partial charge in [0.05, 0.1) is 5.69 Å². The lowest BCUT2D eigenvalue weighted by molar-refractivity contribution is -0.121. The number of H-pyrrole nitrogens is 1. The van der Waals surface area contributed by atoms with E-state index in [9.17, 15) is 4.79 Å². The summed E-state index contributed by atoms with van der Waals surface area (Å²) in [5, 5.41) is 9.77. The van der Waals surface area contributed by atoms with E-state index >= 15 is 0 Å². The molecule has 2 rings (SSSR count). The van der Waals surface area contributed by atoms with Crippen molar-refractivity contribution in [3.63, 3.8) is 0 Å². The minimum absolute atomic E-state index is 0.0624. The smallest absolute Gasteiger partial charge is 0.220 e. The van der Waals surface area contributed by atoms with Gasteiger partial charge in [0, 0.05) is 32.4 Å². The first-order valence-electron chi connectivity index (χ1n) is 7.22. The van der Waals surface area contributed by atoms with Crippen LogP contribution in [0.25, 0.3) is 11.3 Å². The van der Waals surface area contributed by atoms with E-state index in [-0.39, 0.29) is 5.91 Å². The predicted molar refractivity (Wildman–Crippen MR) is 81.6 cm³/mol. The topological polar surface area (TPSA) is 67.0 Å². The molecule has 21 heavy (non-hydrogen) atoms. The highest BCUT2D eigenvalue weighted by molar-refractivity contribution is 5.75. The minimum atomic E-state index is 0.0624. The second kappa shape index (κ2) is 8.21. The summed E-state index contributed by atoms with van der Waals surface area (Å²) in [4.78, 5) is 11.7. The quantitative estimate of drug-likeness (QED) is 0.733. The molecule has 5 nitrogen and oxygen atoms in total. The number of amides is 1. The average Bonchev–Trinajstić information content (AvgIpc) is 3.04. The molecule has 1 heterocycles. The van der Waals surface area contributed by atoms with Gasteiger partial charge in [-0.05, 0) is 30.5 Å². The summed E-state index contributed by atoms with van der Waals surface area (Å²) in [5.74, 6) is 0.0624. The second-order valence-corrected chi connectivity index (χ2v) is 4.74. The number of aromatic amines is 1. The summed E-state index contributed by atoms with van der Waals surface area (Å²) < 4.78 is 5.21. The van der Waals surface area contributed by atoms with E-state index in [1.807, 2.05) is 37.3 Å². The van der Waals surface area contributed by atoms with Crippen LogP contribution in [-0.4, -0.2) is 29.3 Å². The number of nitrogens with one attached hydrogen (secondary N) is 2. The van der Waals surface area contributed by atoms with Crippen molar-refractivity contribution in [2.24, 2.45) is 0 Å². The molecule has 0 fully saturated rings. The van der Waals surface area contributed by atoms with E-state index < -0.39 is 0 Å². The van der Waals surface area contributed by atoms with E-state index in [0.717, 1.165) is 23.2 Å². The van der Waals surface area contributed by atoms with Gasteiger partial charge < -0.3 is 10.1 Å². The number of nitrogens with zero attached hydrogens (tertiary/aromatic N) is 1. The monoisotopic (exact) mass is 287 g/mol. The van der Waals surface area contributed by atoms with Crippen LogP contribution in [0.5, 0.6) is 0 Å². The molecule has 0 aliphatic rings. The summed E-state index contributed by atoms with van der Waals surface area (Å²) in [6.45, 7) is 3.84. The van der Waals surface area contributed by atoms with Crippen LogP contribution in [0.2, 0.25) is 0 Å². The lowest BCUT2D eigenvalue weighted by Gasteiger charge is -2.06. The first-order valence-corrected chi connectivity index (χ1v) is 7.22. The Hall–Kier alpha value is -2.14. The lowest BCUT2D eigenvalue weighted by Crippen LogP contribution is -2.22. The Balaban J connectivity index is 1.75. The number of aromatic nitrogens is 2. The van der Waals surface area contributed by atoms with Crippen molar-refractivity contribution in [2.75, 3.05) is 13.2 Å². The second-order valence-electron chi connectivity index (χ2n) is 4.74. The Labute approximate surface area is 124 Å². The Morgan fingerprint density at radius 1 is 1.29 bits per heavy atom. The van der Waals surface area contributed by atoms with Crippen molar-refractivity contribution in [3.05, 3.63) is 42.1 Å². The number of carbonyl (C=O) groups excluding carboxylic acids is 1. The van der Waals surface area contributed by atoms with Gasteiger partial charge in [0.15, 0.2) is 0 Å².